The summed E-state index contributed by atoms with van der Waals surface area (Å²) in [4.78, 5) is 25.2. The molecule has 0 unspecified atom stereocenters. The molecule has 1 aromatic carbocycles. The first-order valence-corrected chi connectivity index (χ1v) is 12.1. The molecular formula is C24H33ClN6O. The zero-order valence-electron chi connectivity index (χ0n) is 18.9. The van der Waals surface area contributed by atoms with E-state index in [1.54, 1.807) is 6.20 Å². The number of carbonyl (C=O) groups is 1. The molecule has 3 heterocycles. The summed E-state index contributed by atoms with van der Waals surface area (Å²) in [6, 6.07) is 6.49. The van der Waals surface area contributed by atoms with Crippen LogP contribution < -0.4 is 15.5 Å². The van der Waals surface area contributed by atoms with Crippen molar-refractivity contribution < 1.29 is 4.79 Å². The van der Waals surface area contributed by atoms with Gasteiger partial charge in [0.05, 0.1) is 6.20 Å². The number of halogens is 1. The molecule has 2 N–H and O–H groups in total. The van der Waals surface area contributed by atoms with Crippen LogP contribution in [-0.4, -0.2) is 53.5 Å². The molecule has 0 aliphatic carbocycles. The summed E-state index contributed by atoms with van der Waals surface area (Å²) in [5.74, 6) is 1.39. The van der Waals surface area contributed by atoms with E-state index < -0.39 is 0 Å². The van der Waals surface area contributed by atoms with Gasteiger partial charge in [0, 0.05) is 50.5 Å². The zero-order valence-corrected chi connectivity index (χ0v) is 19.6. The monoisotopic (exact) mass is 456 g/mol. The van der Waals surface area contributed by atoms with Gasteiger partial charge < -0.3 is 20.4 Å². The van der Waals surface area contributed by atoms with Gasteiger partial charge in [0.25, 0.3) is 0 Å². The molecule has 0 saturated carbocycles. The second-order valence-electron chi connectivity index (χ2n) is 8.68. The van der Waals surface area contributed by atoms with Crippen LogP contribution in [0.15, 0.2) is 24.4 Å². The van der Waals surface area contributed by atoms with Crippen molar-refractivity contribution in [2.75, 3.05) is 48.3 Å². The summed E-state index contributed by atoms with van der Waals surface area (Å²) in [5.41, 5.74) is 3.43. The number of hydrogen-bond acceptors (Lipinski definition) is 6. The van der Waals surface area contributed by atoms with Crippen LogP contribution in [0, 0.1) is 6.92 Å². The van der Waals surface area contributed by atoms with Gasteiger partial charge in [-0.05, 0) is 69.2 Å². The van der Waals surface area contributed by atoms with Crippen molar-refractivity contribution in [3.05, 3.63) is 35.0 Å². The average molecular weight is 457 g/mol. The first-order chi connectivity index (χ1) is 15.6. The Balaban J connectivity index is 1.33. The maximum atomic E-state index is 11.9. The third-order valence-electron chi connectivity index (χ3n) is 6.24. The lowest BCUT2D eigenvalue weighted by atomic mass is 10.1. The number of hydrogen-bond donors (Lipinski definition) is 2. The topological polar surface area (TPSA) is 73.4 Å². The van der Waals surface area contributed by atoms with Crippen LogP contribution in [0.1, 0.15) is 50.5 Å². The number of rotatable bonds is 8. The number of aromatic nitrogens is 2. The SMILES string of the molecule is Cc1cc(N2CCCCC2)ccc1Nc1ncc(Cl)c(NCCCN2CCCCC2=O)n1. The lowest BCUT2D eigenvalue weighted by Gasteiger charge is -2.29. The molecule has 2 aliphatic heterocycles. The van der Waals surface area contributed by atoms with E-state index in [9.17, 15) is 4.79 Å². The average Bonchev–Trinajstić information content (AvgIpc) is 2.81. The molecule has 0 spiro atoms. The molecule has 0 bridgehead atoms. The minimum atomic E-state index is 0.268. The molecule has 7 nitrogen and oxygen atoms in total. The Kier molecular flexibility index (Phi) is 7.68. The Bertz CT molecular complexity index is 931. The number of nitrogens with zero attached hydrogens (tertiary/aromatic N) is 4. The van der Waals surface area contributed by atoms with E-state index in [-0.39, 0.29) is 5.91 Å². The van der Waals surface area contributed by atoms with Crippen LogP contribution in [-0.2, 0) is 4.79 Å². The number of amides is 1. The molecule has 1 aromatic heterocycles. The van der Waals surface area contributed by atoms with Gasteiger partial charge in [-0.1, -0.05) is 11.6 Å². The lowest BCUT2D eigenvalue weighted by Crippen LogP contribution is -2.36. The summed E-state index contributed by atoms with van der Waals surface area (Å²) in [6.07, 6.45) is 9.12. The molecule has 0 radical (unpaired) electrons. The van der Waals surface area contributed by atoms with Gasteiger partial charge in [0.1, 0.15) is 10.8 Å². The number of carbonyl (C=O) groups excluding carboxylic acids is 1. The second-order valence-corrected chi connectivity index (χ2v) is 9.09. The van der Waals surface area contributed by atoms with E-state index in [1.165, 1.54) is 24.9 Å². The molecule has 2 fully saturated rings. The Morgan fingerprint density at radius 1 is 1.09 bits per heavy atom. The number of likely N-dealkylation sites (tertiary alicyclic amines) is 1. The summed E-state index contributed by atoms with van der Waals surface area (Å²) in [7, 11) is 0. The Morgan fingerprint density at radius 2 is 1.91 bits per heavy atom. The quantitative estimate of drug-likeness (QED) is 0.545. The number of piperidine rings is 2. The van der Waals surface area contributed by atoms with Crippen LogP contribution in [0.25, 0.3) is 0 Å². The molecule has 0 atom stereocenters. The third kappa shape index (κ3) is 5.82. The lowest BCUT2D eigenvalue weighted by molar-refractivity contribution is -0.133. The van der Waals surface area contributed by atoms with Crippen molar-refractivity contribution in [1.82, 2.24) is 14.9 Å². The van der Waals surface area contributed by atoms with Gasteiger partial charge in [-0.25, -0.2) is 4.98 Å². The molecule has 32 heavy (non-hydrogen) atoms. The predicted octanol–water partition coefficient (Wildman–Crippen LogP) is 4.99. The zero-order chi connectivity index (χ0) is 22.3. The minimum absolute atomic E-state index is 0.268. The highest BCUT2D eigenvalue weighted by atomic mass is 35.5. The summed E-state index contributed by atoms with van der Waals surface area (Å²) >= 11 is 6.30. The number of nitrogens with one attached hydrogen (secondary N) is 2. The van der Waals surface area contributed by atoms with Crippen molar-refractivity contribution in [2.45, 2.75) is 51.9 Å². The highest BCUT2D eigenvalue weighted by Gasteiger charge is 2.17. The van der Waals surface area contributed by atoms with E-state index in [1.807, 2.05) is 4.90 Å². The number of benzene rings is 1. The maximum Gasteiger partial charge on any atom is 0.229 e. The molecule has 2 aromatic rings. The molecule has 4 rings (SSSR count). The summed E-state index contributed by atoms with van der Waals surface area (Å²) in [5, 5.41) is 7.11. The first-order valence-electron chi connectivity index (χ1n) is 11.8. The van der Waals surface area contributed by atoms with E-state index in [0.29, 0.717) is 29.8 Å². The Morgan fingerprint density at radius 3 is 2.69 bits per heavy atom. The fourth-order valence-electron chi connectivity index (χ4n) is 4.38. The smallest absolute Gasteiger partial charge is 0.229 e. The molecule has 172 valence electrons. The molecule has 8 heteroatoms. The Labute approximate surface area is 195 Å². The minimum Gasteiger partial charge on any atom is -0.372 e. The molecule has 1 amide bonds. The number of anilines is 4. The van der Waals surface area contributed by atoms with E-state index in [4.69, 9.17) is 11.6 Å². The van der Waals surface area contributed by atoms with Crippen molar-refractivity contribution in [3.8, 4) is 0 Å². The van der Waals surface area contributed by atoms with Crippen molar-refractivity contribution in [1.29, 1.82) is 0 Å². The maximum absolute atomic E-state index is 11.9. The van der Waals surface area contributed by atoms with Gasteiger partial charge in [0.2, 0.25) is 11.9 Å². The van der Waals surface area contributed by atoms with Crippen LogP contribution >= 0.6 is 11.6 Å². The van der Waals surface area contributed by atoms with Crippen LogP contribution in [0.5, 0.6) is 0 Å². The predicted molar refractivity (Wildman–Crippen MR) is 131 cm³/mol. The van der Waals surface area contributed by atoms with Crippen LogP contribution in [0.4, 0.5) is 23.1 Å². The largest absolute Gasteiger partial charge is 0.372 e. The summed E-state index contributed by atoms with van der Waals surface area (Å²) in [6.45, 7) is 6.70. The van der Waals surface area contributed by atoms with Crippen molar-refractivity contribution in [3.63, 3.8) is 0 Å². The van der Waals surface area contributed by atoms with Crippen molar-refractivity contribution in [2.24, 2.45) is 0 Å². The second kappa shape index (κ2) is 10.9. The van der Waals surface area contributed by atoms with E-state index in [2.05, 4.69) is 50.6 Å². The highest BCUT2D eigenvalue weighted by molar-refractivity contribution is 6.32. The van der Waals surface area contributed by atoms with Crippen molar-refractivity contribution >= 4 is 40.6 Å². The third-order valence-corrected chi connectivity index (χ3v) is 6.52. The highest BCUT2D eigenvalue weighted by Crippen LogP contribution is 2.27. The van der Waals surface area contributed by atoms with Gasteiger partial charge in [0.15, 0.2) is 0 Å². The van der Waals surface area contributed by atoms with Gasteiger partial charge >= 0.3 is 0 Å². The molecule has 2 saturated heterocycles. The summed E-state index contributed by atoms with van der Waals surface area (Å²) < 4.78 is 0. The standard InChI is InChI=1S/C24H33ClN6O/c1-18-16-19(30-12-4-2-5-13-30)9-10-21(18)28-24-27-17-20(25)23(29-24)26-11-7-15-31-14-6-3-8-22(31)32/h9-10,16-17H,2-8,11-15H2,1H3,(H2,26,27,28,29). The first kappa shape index (κ1) is 22.6. The van der Waals surface area contributed by atoms with E-state index in [0.717, 1.165) is 56.7 Å². The fourth-order valence-corrected chi connectivity index (χ4v) is 4.54. The molecule has 2 aliphatic rings. The fraction of sp³-hybridized carbons (Fsp3) is 0.542. The van der Waals surface area contributed by atoms with E-state index >= 15 is 0 Å². The van der Waals surface area contributed by atoms with Crippen LogP contribution in [0.3, 0.4) is 0 Å². The van der Waals surface area contributed by atoms with Gasteiger partial charge in [-0.2, -0.15) is 4.98 Å². The molecular weight excluding hydrogens is 424 g/mol. The van der Waals surface area contributed by atoms with Gasteiger partial charge in [-0.15, -0.1) is 0 Å². The van der Waals surface area contributed by atoms with Gasteiger partial charge in [-0.3, -0.25) is 4.79 Å². The Hall–Kier alpha value is -2.54. The normalized spacial score (nSPS) is 16.9. The number of aryl methyl sites for hydroxylation is 1. The van der Waals surface area contributed by atoms with Crippen LogP contribution in [0.2, 0.25) is 5.02 Å².